The van der Waals surface area contributed by atoms with Gasteiger partial charge in [-0.05, 0) is 49.4 Å². The van der Waals surface area contributed by atoms with E-state index in [0.717, 1.165) is 24.2 Å². The number of carbonyl (C=O) groups excluding carboxylic acids is 2. The molecular weight excluding hydrogens is 382 g/mol. The van der Waals surface area contributed by atoms with Crippen LogP contribution in [0.25, 0.3) is 0 Å². The molecular formula is C23H29N3O4. The molecule has 2 atom stereocenters. The number of piperazine rings is 1. The lowest BCUT2D eigenvalue weighted by Crippen LogP contribution is -2.50. The van der Waals surface area contributed by atoms with Crippen molar-refractivity contribution in [2.45, 2.75) is 52.1 Å². The Hall–Kier alpha value is -2.83. The number of amides is 2. The lowest BCUT2D eigenvalue weighted by Gasteiger charge is -2.34. The van der Waals surface area contributed by atoms with Crippen molar-refractivity contribution in [2.24, 2.45) is 5.92 Å². The summed E-state index contributed by atoms with van der Waals surface area (Å²) in [6.07, 6.45) is 4.05. The molecule has 30 heavy (non-hydrogen) atoms. The van der Waals surface area contributed by atoms with E-state index in [1.165, 1.54) is 6.26 Å². The van der Waals surface area contributed by atoms with Crippen molar-refractivity contribution in [3.8, 4) is 5.75 Å². The van der Waals surface area contributed by atoms with E-state index in [1.807, 2.05) is 41.0 Å². The maximum Gasteiger partial charge on any atom is 0.276 e. The molecule has 0 unspecified atom stereocenters. The summed E-state index contributed by atoms with van der Waals surface area (Å²) in [6.45, 7) is 8.08. The van der Waals surface area contributed by atoms with E-state index in [0.29, 0.717) is 43.3 Å². The van der Waals surface area contributed by atoms with Crippen LogP contribution >= 0.6 is 0 Å². The largest absolute Gasteiger partial charge is 0.494 e. The number of rotatable bonds is 7. The van der Waals surface area contributed by atoms with Gasteiger partial charge in [-0.25, -0.2) is 0 Å². The van der Waals surface area contributed by atoms with Crippen LogP contribution in [0.5, 0.6) is 5.75 Å². The quantitative estimate of drug-likeness (QED) is 0.698. The van der Waals surface area contributed by atoms with E-state index in [4.69, 9.17) is 9.26 Å². The summed E-state index contributed by atoms with van der Waals surface area (Å²) >= 11 is 0. The van der Waals surface area contributed by atoms with E-state index in [-0.39, 0.29) is 23.9 Å². The van der Waals surface area contributed by atoms with Gasteiger partial charge in [-0.3, -0.25) is 9.59 Å². The van der Waals surface area contributed by atoms with Crippen LogP contribution in [0.2, 0.25) is 0 Å². The minimum Gasteiger partial charge on any atom is -0.494 e. The lowest BCUT2D eigenvalue weighted by atomic mass is 10.1. The number of aromatic nitrogens is 1. The summed E-state index contributed by atoms with van der Waals surface area (Å²) in [5.41, 5.74) is 1.88. The molecule has 0 radical (unpaired) electrons. The molecule has 0 N–H and O–H groups in total. The summed E-state index contributed by atoms with van der Waals surface area (Å²) < 4.78 is 10.7. The first-order chi connectivity index (χ1) is 14.5. The normalized spacial score (nSPS) is 20.3. The number of aryl methyl sites for hydroxylation is 1. The molecule has 2 amide bonds. The van der Waals surface area contributed by atoms with Gasteiger partial charge >= 0.3 is 0 Å². The molecule has 2 saturated heterocycles. The Kier molecular flexibility index (Phi) is 5.79. The SMILES string of the molecule is CCc1conc1C(=O)N1C[C@@H]2C[C@H]1CN2C(=O)c1ccc(OCCC(C)C)cc1. The van der Waals surface area contributed by atoms with Crippen LogP contribution in [-0.4, -0.2) is 58.6 Å². The Labute approximate surface area is 177 Å². The highest BCUT2D eigenvalue weighted by atomic mass is 16.5. The standard InChI is InChI=1S/C23H29N3O4/c1-4-16-14-30-24-21(16)23(28)26-13-18-11-19(26)12-25(18)22(27)17-5-7-20(8-6-17)29-10-9-15(2)3/h5-8,14-15,18-19H,4,9-13H2,1-3H3/t18-,19-/m0/s1. The Morgan fingerprint density at radius 3 is 2.40 bits per heavy atom. The fourth-order valence-electron chi connectivity index (χ4n) is 4.26. The van der Waals surface area contributed by atoms with Gasteiger partial charge < -0.3 is 19.1 Å². The van der Waals surface area contributed by atoms with Crippen LogP contribution in [-0.2, 0) is 6.42 Å². The van der Waals surface area contributed by atoms with Crippen LogP contribution < -0.4 is 4.74 Å². The molecule has 2 aromatic rings. The van der Waals surface area contributed by atoms with Crippen LogP contribution in [0.4, 0.5) is 0 Å². The van der Waals surface area contributed by atoms with Crippen molar-refractivity contribution >= 4 is 11.8 Å². The molecule has 0 aliphatic carbocycles. The van der Waals surface area contributed by atoms with Crippen LogP contribution in [0, 0.1) is 5.92 Å². The summed E-state index contributed by atoms with van der Waals surface area (Å²) in [7, 11) is 0. The number of ether oxygens (including phenoxy) is 1. The number of hydrogen-bond donors (Lipinski definition) is 0. The topological polar surface area (TPSA) is 75.9 Å². The Morgan fingerprint density at radius 1 is 1.13 bits per heavy atom. The lowest BCUT2D eigenvalue weighted by molar-refractivity contribution is 0.0520. The molecule has 1 aromatic heterocycles. The first kappa shape index (κ1) is 20.4. The van der Waals surface area contributed by atoms with Crippen molar-refractivity contribution in [3.05, 3.63) is 47.3 Å². The highest BCUT2D eigenvalue weighted by Gasteiger charge is 2.47. The molecule has 2 aliphatic heterocycles. The average molecular weight is 412 g/mol. The van der Waals surface area contributed by atoms with Gasteiger partial charge in [0.25, 0.3) is 11.8 Å². The van der Waals surface area contributed by atoms with Crippen molar-refractivity contribution in [3.63, 3.8) is 0 Å². The van der Waals surface area contributed by atoms with Gasteiger partial charge in [0, 0.05) is 24.2 Å². The maximum atomic E-state index is 13.0. The van der Waals surface area contributed by atoms with Crippen molar-refractivity contribution < 1.29 is 18.8 Å². The van der Waals surface area contributed by atoms with E-state index in [2.05, 4.69) is 19.0 Å². The van der Waals surface area contributed by atoms with Gasteiger partial charge in [0.2, 0.25) is 0 Å². The van der Waals surface area contributed by atoms with Gasteiger partial charge in [-0.1, -0.05) is 25.9 Å². The molecule has 7 nitrogen and oxygen atoms in total. The minimum atomic E-state index is -0.0944. The number of hydrogen-bond acceptors (Lipinski definition) is 5. The average Bonchev–Trinajstić information content (AvgIpc) is 3.48. The predicted octanol–water partition coefficient (Wildman–Crippen LogP) is 3.40. The van der Waals surface area contributed by atoms with Gasteiger partial charge in [0.15, 0.2) is 5.69 Å². The molecule has 2 aliphatic rings. The van der Waals surface area contributed by atoms with E-state index < -0.39 is 0 Å². The number of likely N-dealkylation sites (tertiary alicyclic amines) is 2. The van der Waals surface area contributed by atoms with Crippen LogP contribution in [0.1, 0.15) is 60.0 Å². The predicted molar refractivity (Wildman–Crippen MR) is 112 cm³/mol. The molecule has 160 valence electrons. The molecule has 3 heterocycles. The monoisotopic (exact) mass is 411 g/mol. The third kappa shape index (κ3) is 3.93. The zero-order valence-corrected chi connectivity index (χ0v) is 17.8. The molecule has 7 heteroatoms. The third-order valence-corrected chi connectivity index (χ3v) is 6.05. The van der Waals surface area contributed by atoms with Gasteiger partial charge in [-0.2, -0.15) is 0 Å². The Bertz CT molecular complexity index is 905. The summed E-state index contributed by atoms with van der Waals surface area (Å²) in [4.78, 5) is 29.6. The second kappa shape index (κ2) is 8.50. The first-order valence-electron chi connectivity index (χ1n) is 10.8. The summed E-state index contributed by atoms with van der Waals surface area (Å²) in [5, 5.41) is 3.90. The molecule has 0 saturated carbocycles. The van der Waals surface area contributed by atoms with E-state index >= 15 is 0 Å². The Balaban J connectivity index is 1.36. The number of carbonyl (C=O) groups is 2. The van der Waals surface area contributed by atoms with Crippen LogP contribution in [0.3, 0.4) is 0 Å². The number of benzene rings is 1. The van der Waals surface area contributed by atoms with E-state index in [9.17, 15) is 9.59 Å². The van der Waals surface area contributed by atoms with Crippen molar-refractivity contribution in [2.75, 3.05) is 19.7 Å². The fraction of sp³-hybridized carbons (Fsp3) is 0.522. The third-order valence-electron chi connectivity index (χ3n) is 6.05. The van der Waals surface area contributed by atoms with Crippen LogP contribution in [0.15, 0.2) is 35.1 Å². The first-order valence-corrected chi connectivity index (χ1v) is 10.8. The van der Waals surface area contributed by atoms with Gasteiger partial charge in [0.05, 0.1) is 18.7 Å². The summed E-state index contributed by atoms with van der Waals surface area (Å²) in [5.74, 6) is 1.30. The van der Waals surface area contributed by atoms with Crippen molar-refractivity contribution in [1.82, 2.24) is 15.0 Å². The molecule has 4 rings (SSSR count). The maximum absolute atomic E-state index is 13.0. The second-order valence-electron chi connectivity index (χ2n) is 8.56. The Morgan fingerprint density at radius 2 is 1.80 bits per heavy atom. The highest BCUT2D eigenvalue weighted by molar-refractivity contribution is 5.96. The van der Waals surface area contributed by atoms with Gasteiger partial charge in [-0.15, -0.1) is 0 Å². The molecule has 2 bridgehead atoms. The van der Waals surface area contributed by atoms with Gasteiger partial charge in [0.1, 0.15) is 12.0 Å². The van der Waals surface area contributed by atoms with E-state index in [1.54, 1.807) is 0 Å². The number of nitrogens with zero attached hydrogens (tertiary/aromatic N) is 3. The van der Waals surface area contributed by atoms with Crippen molar-refractivity contribution in [1.29, 1.82) is 0 Å². The molecule has 1 aromatic carbocycles. The second-order valence-corrected chi connectivity index (χ2v) is 8.56. The summed E-state index contributed by atoms with van der Waals surface area (Å²) in [6, 6.07) is 7.44. The highest BCUT2D eigenvalue weighted by Crippen LogP contribution is 2.33. The zero-order valence-electron chi connectivity index (χ0n) is 17.8. The molecule has 0 spiro atoms. The smallest absolute Gasteiger partial charge is 0.276 e. The fourth-order valence-corrected chi connectivity index (χ4v) is 4.26. The zero-order chi connectivity index (χ0) is 21.3. The number of fused-ring (bicyclic) bond motifs is 2. The molecule has 2 fully saturated rings. The minimum absolute atomic E-state index is 0.0130.